The monoisotopic (exact) mass is 363 g/mol. The molecule has 0 amide bonds. The summed E-state index contributed by atoms with van der Waals surface area (Å²) in [4.78, 5) is 0. The van der Waals surface area contributed by atoms with Crippen molar-refractivity contribution in [2.24, 2.45) is 0 Å². The number of halogens is 1. The molecule has 4 nitrogen and oxygen atoms in total. The molecular weight excluding hydrogens is 338 g/mol. The Morgan fingerprint density at radius 3 is 2.32 bits per heavy atom. The molecule has 1 unspecified atom stereocenters. The zero-order chi connectivity index (χ0) is 18.2. The fourth-order valence-corrected chi connectivity index (χ4v) is 2.90. The molecule has 0 aliphatic heterocycles. The summed E-state index contributed by atoms with van der Waals surface area (Å²) in [7, 11) is 1.59. The molecular formula is C20H26ClNO3. The highest BCUT2D eigenvalue weighted by Crippen LogP contribution is 2.36. The van der Waals surface area contributed by atoms with Gasteiger partial charge in [-0.25, -0.2) is 0 Å². The molecule has 2 aromatic rings. The topological polar surface area (TPSA) is 39.7 Å². The van der Waals surface area contributed by atoms with Gasteiger partial charge >= 0.3 is 0 Å². The molecule has 0 aliphatic rings. The van der Waals surface area contributed by atoms with Crippen molar-refractivity contribution in [3.63, 3.8) is 0 Å². The van der Waals surface area contributed by atoms with E-state index in [9.17, 15) is 0 Å². The molecule has 5 heteroatoms. The Kier molecular flexibility index (Phi) is 7.41. The maximum absolute atomic E-state index is 6.30. The van der Waals surface area contributed by atoms with E-state index in [2.05, 4.69) is 24.4 Å². The van der Waals surface area contributed by atoms with Crippen molar-refractivity contribution in [1.29, 1.82) is 0 Å². The summed E-state index contributed by atoms with van der Waals surface area (Å²) >= 11 is 6.30. The highest BCUT2D eigenvalue weighted by atomic mass is 35.5. The van der Waals surface area contributed by atoms with Gasteiger partial charge in [-0.15, -0.1) is 0 Å². The third kappa shape index (κ3) is 5.28. The first kappa shape index (κ1) is 19.4. The molecule has 1 atom stereocenters. The minimum absolute atomic E-state index is 0.201. The highest BCUT2D eigenvalue weighted by Gasteiger charge is 2.12. The molecule has 0 saturated heterocycles. The van der Waals surface area contributed by atoms with Gasteiger partial charge < -0.3 is 19.5 Å². The average Bonchev–Trinajstić information content (AvgIpc) is 2.61. The third-order valence-corrected chi connectivity index (χ3v) is 4.16. The van der Waals surface area contributed by atoms with Crippen molar-refractivity contribution < 1.29 is 14.2 Å². The first-order valence-corrected chi connectivity index (χ1v) is 8.92. The molecule has 0 bridgehead atoms. The zero-order valence-corrected chi connectivity index (χ0v) is 16.0. The number of nitrogens with one attached hydrogen (secondary N) is 1. The van der Waals surface area contributed by atoms with Crippen LogP contribution in [-0.2, 0) is 6.54 Å². The summed E-state index contributed by atoms with van der Waals surface area (Å²) in [6.45, 7) is 7.96. The summed E-state index contributed by atoms with van der Waals surface area (Å²) in [5.74, 6) is 2.14. The van der Waals surface area contributed by atoms with Crippen LogP contribution < -0.4 is 19.5 Å². The second-order valence-electron chi connectivity index (χ2n) is 5.65. The Balaban J connectivity index is 2.04. The summed E-state index contributed by atoms with van der Waals surface area (Å²) < 4.78 is 16.4. The van der Waals surface area contributed by atoms with Gasteiger partial charge in [0.05, 0.1) is 25.3 Å². The standard InChI is InChI=1S/C20H26ClNO3/c1-5-24-17-9-7-16(8-10-17)14(3)22-13-15-11-18(21)20(23-4)19(12-15)25-6-2/h7-12,14,22H,5-6,13H2,1-4H3. The minimum Gasteiger partial charge on any atom is -0.494 e. The Morgan fingerprint density at radius 2 is 1.72 bits per heavy atom. The van der Waals surface area contributed by atoms with Crippen LogP contribution in [-0.4, -0.2) is 20.3 Å². The van der Waals surface area contributed by atoms with E-state index in [1.165, 1.54) is 5.56 Å². The van der Waals surface area contributed by atoms with Crippen LogP contribution in [0.25, 0.3) is 0 Å². The maximum Gasteiger partial charge on any atom is 0.179 e. The van der Waals surface area contributed by atoms with Crippen LogP contribution in [0.5, 0.6) is 17.2 Å². The lowest BCUT2D eigenvalue weighted by Crippen LogP contribution is -2.18. The summed E-state index contributed by atoms with van der Waals surface area (Å²) in [5.41, 5.74) is 2.25. The molecule has 0 aromatic heterocycles. The molecule has 0 aliphatic carbocycles. The van der Waals surface area contributed by atoms with Gasteiger partial charge in [-0.2, -0.15) is 0 Å². The number of benzene rings is 2. The fourth-order valence-electron chi connectivity index (χ4n) is 2.59. The smallest absolute Gasteiger partial charge is 0.179 e. The lowest BCUT2D eigenvalue weighted by atomic mass is 10.1. The van der Waals surface area contributed by atoms with Gasteiger partial charge in [0, 0.05) is 12.6 Å². The van der Waals surface area contributed by atoms with Gasteiger partial charge in [-0.05, 0) is 56.2 Å². The van der Waals surface area contributed by atoms with Crippen LogP contribution in [0.4, 0.5) is 0 Å². The van der Waals surface area contributed by atoms with E-state index >= 15 is 0 Å². The first-order valence-electron chi connectivity index (χ1n) is 8.54. The number of hydrogen-bond acceptors (Lipinski definition) is 4. The number of methoxy groups -OCH3 is 1. The van der Waals surface area contributed by atoms with E-state index < -0.39 is 0 Å². The number of ether oxygens (including phenoxy) is 3. The fraction of sp³-hybridized carbons (Fsp3) is 0.400. The molecule has 0 heterocycles. The second-order valence-corrected chi connectivity index (χ2v) is 6.05. The average molecular weight is 364 g/mol. The Hall–Kier alpha value is -1.91. The molecule has 136 valence electrons. The molecule has 1 N–H and O–H groups in total. The predicted octanol–water partition coefficient (Wildman–Crippen LogP) is 5.00. The van der Waals surface area contributed by atoms with E-state index in [-0.39, 0.29) is 6.04 Å². The van der Waals surface area contributed by atoms with E-state index in [1.807, 2.05) is 38.1 Å². The Bertz CT molecular complexity index is 673. The Morgan fingerprint density at radius 1 is 1.04 bits per heavy atom. The maximum atomic E-state index is 6.30. The van der Waals surface area contributed by atoms with Crippen LogP contribution >= 0.6 is 11.6 Å². The normalized spacial score (nSPS) is 11.9. The van der Waals surface area contributed by atoms with Crippen molar-refractivity contribution in [1.82, 2.24) is 5.32 Å². The molecule has 25 heavy (non-hydrogen) atoms. The quantitative estimate of drug-likeness (QED) is 0.680. The number of rotatable bonds is 9. The highest BCUT2D eigenvalue weighted by molar-refractivity contribution is 6.32. The van der Waals surface area contributed by atoms with Gasteiger partial charge in [-0.3, -0.25) is 0 Å². The van der Waals surface area contributed by atoms with Crippen molar-refractivity contribution in [3.8, 4) is 17.2 Å². The molecule has 0 saturated carbocycles. The van der Waals surface area contributed by atoms with E-state index in [1.54, 1.807) is 7.11 Å². The molecule has 0 fully saturated rings. The SMILES string of the molecule is CCOc1ccc(C(C)NCc2cc(Cl)c(OC)c(OCC)c2)cc1. The van der Waals surface area contributed by atoms with Crippen LogP contribution in [0, 0.1) is 0 Å². The van der Waals surface area contributed by atoms with Crippen molar-refractivity contribution in [2.75, 3.05) is 20.3 Å². The predicted molar refractivity (Wildman–Crippen MR) is 102 cm³/mol. The van der Waals surface area contributed by atoms with Crippen molar-refractivity contribution in [2.45, 2.75) is 33.4 Å². The third-order valence-electron chi connectivity index (χ3n) is 3.88. The summed E-state index contributed by atoms with van der Waals surface area (Å²) in [6.07, 6.45) is 0. The van der Waals surface area contributed by atoms with Gasteiger partial charge in [0.15, 0.2) is 11.5 Å². The van der Waals surface area contributed by atoms with E-state index in [4.69, 9.17) is 25.8 Å². The Labute approximate surface area is 155 Å². The molecule has 0 radical (unpaired) electrons. The zero-order valence-electron chi connectivity index (χ0n) is 15.3. The molecule has 2 aromatic carbocycles. The molecule has 0 spiro atoms. The lowest BCUT2D eigenvalue weighted by molar-refractivity contribution is 0.310. The minimum atomic E-state index is 0.201. The van der Waals surface area contributed by atoms with Crippen LogP contribution in [0.3, 0.4) is 0 Å². The lowest BCUT2D eigenvalue weighted by Gasteiger charge is -2.17. The van der Waals surface area contributed by atoms with Crippen LogP contribution in [0.1, 0.15) is 37.9 Å². The first-order chi connectivity index (χ1) is 12.1. The van der Waals surface area contributed by atoms with Crippen molar-refractivity contribution in [3.05, 3.63) is 52.5 Å². The van der Waals surface area contributed by atoms with Gasteiger partial charge in [-0.1, -0.05) is 23.7 Å². The largest absolute Gasteiger partial charge is 0.494 e. The van der Waals surface area contributed by atoms with Gasteiger partial charge in [0.1, 0.15) is 5.75 Å². The van der Waals surface area contributed by atoms with Crippen molar-refractivity contribution >= 4 is 11.6 Å². The van der Waals surface area contributed by atoms with Gasteiger partial charge in [0.2, 0.25) is 0 Å². The van der Waals surface area contributed by atoms with E-state index in [0.29, 0.717) is 36.3 Å². The summed E-state index contributed by atoms with van der Waals surface area (Å²) in [6, 6.07) is 12.2. The summed E-state index contributed by atoms with van der Waals surface area (Å²) in [5, 5.41) is 4.06. The van der Waals surface area contributed by atoms with Crippen LogP contribution in [0.15, 0.2) is 36.4 Å². The van der Waals surface area contributed by atoms with E-state index in [0.717, 1.165) is 11.3 Å². The number of hydrogen-bond donors (Lipinski definition) is 1. The molecule has 2 rings (SSSR count). The second kappa shape index (κ2) is 9.54. The van der Waals surface area contributed by atoms with Gasteiger partial charge in [0.25, 0.3) is 0 Å². The van der Waals surface area contributed by atoms with Crippen LogP contribution in [0.2, 0.25) is 5.02 Å².